The molecule has 20 heavy (non-hydrogen) atoms. The Morgan fingerprint density at radius 1 is 1.25 bits per heavy atom. The zero-order chi connectivity index (χ0) is 15.1. The first-order valence-corrected chi connectivity index (χ1v) is 6.43. The predicted molar refractivity (Wildman–Crippen MR) is 72.3 cm³/mol. The number of guanidine groups is 1. The van der Waals surface area contributed by atoms with E-state index in [0.717, 1.165) is 17.7 Å². The van der Waals surface area contributed by atoms with E-state index in [1.54, 1.807) is 0 Å². The Kier molecular flexibility index (Phi) is 3.44. The lowest BCUT2D eigenvalue weighted by molar-refractivity contribution is -0.137. The number of nitrogens with two attached hydrogens (primary N) is 1. The summed E-state index contributed by atoms with van der Waals surface area (Å²) >= 11 is 0. The monoisotopic (exact) mass is 285 g/mol. The lowest BCUT2D eigenvalue weighted by Crippen LogP contribution is -2.51. The number of hydrogen-bond acceptors (Lipinski definition) is 3. The molecule has 2 N–H and O–H groups in total. The van der Waals surface area contributed by atoms with Gasteiger partial charge in [0.25, 0.3) is 0 Å². The lowest BCUT2D eigenvalue weighted by atomic mass is 9.89. The zero-order valence-electron chi connectivity index (χ0n) is 11.7. The van der Waals surface area contributed by atoms with Gasteiger partial charge in [-0.2, -0.15) is 13.2 Å². The smallest absolute Gasteiger partial charge is 0.370 e. The van der Waals surface area contributed by atoms with Gasteiger partial charge >= 0.3 is 6.18 Å². The molecule has 110 valence electrons. The number of benzene rings is 1. The van der Waals surface area contributed by atoms with Gasteiger partial charge < -0.3 is 10.6 Å². The van der Waals surface area contributed by atoms with E-state index in [-0.39, 0.29) is 6.04 Å². The molecule has 0 saturated carbocycles. The zero-order valence-corrected chi connectivity index (χ0v) is 11.7. The van der Waals surface area contributed by atoms with E-state index < -0.39 is 17.3 Å². The van der Waals surface area contributed by atoms with Crippen molar-refractivity contribution in [1.82, 2.24) is 4.90 Å². The summed E-state index contributed by atoms with van der Waals surface area (Å²) in [5.41, 5.74) is 5.53. The molecular weight excluding hydrogens is 267 g/mol. The molecule has 1 aliphatic heterocycles. The Balaban J connectivity index is 2.36. The van der Waals surface area contributed by atoms with Crippen LogP contribution in [0.25, 0.3) is 0 Å². The highest BCUT2D eigenvalue weighted by atomic mass is 19.4. The highest BCUT2D eigenvalue weighted by Gasteiger charge is 2.41. The van der Waals surface area contributed by atoms with Gasteiger partial charge in [0.2, 0.25) is 0 Å². The molecule has 1 aromatic carbocycles. The maximum absolute atomic E-state index is 12.6. The molecule has 1 atom stereocenters. The van der Waals surface area contributed by atoms with Crippen LogP contribution in [0.2, 0.25) is 0 Å². The number of halogens is 3. The maximum atomic E-state index is 12.6. The van der Waals surface area contributed by atoms with Gasteiger partial charge in [-0.05, 0) is 38.5 Å². The quantitative estimate of drug-likeness (QED) is 0.907. The molecular formula is C14H18F3N3. The van der Waals surface area contributed by atoms with Crippen LogP contribution >= 0.6 is 0 Å². The second kappa shape index (κ2) is 4.68. The van der Waals surface area contributed by atoms with Gasteiger partial charge in [-0.1, -0.05) is 12.1 Å². The van der Waals surface area contributed by atoms with Crippen LogP contribution in [0.3, 0.4) is 0 Å². The predicted octanol–water partition coefficient (Wildman–Crippen LogP) is 2.96. The lowest BCUT2D eigenvalue weighted by Gasteiger charge is -2.39. The molecule has 0 amide bonds. The SMILES string of the molecule is CC(C)N1C(N)=NCC1(C)c1ccc(C(F)(F)F)cc1. The summed E-state index contributed by atoms with van der Waals surface area (Å²) in [6.07, 6.45) is -4.32. The van der Waals surface area contributed by atoms with Crippen LogP contribution in [0.4, 0.5) is 13.2 Å². The molecule has 1 unspecified atom stereocenters. The molecule has 1 aromatic rings. The van der Waals surface area contributed by atoms with E-state index in [1.807, 2.05) is 25.7 Å². The molecule has 0 radical (unpaired) electrons. The molecule has 0 aromatic heterocycles. The topological polar surface area (TPSA) is 41.6 Å². The molecule has 6 heteroatoms. The van der Waals surface area contributed by atoms with Crippen molar-refractivity contribution in [3.8, 4) is 0 Å². The molecule has 0 aliphatic carbocycles. The maximum Gasteiger partial charge on any atom is 0.416 e. The summed E-state index contributed by atoms with van der Waals surface area (Å²) in [6.45, 7) is 6.35. The fraction of sp³-hybridized carbons (Fsp3) is 0.500. The third kappa shape index (κ3) is 2.34. The molecule has 0 bridgehead atoms. The summed E-state index contributed by atoms with van der Waals surface area (Å²) in [5, 5.41) is 0. The van der Waals surface area contributed by atoms with Gasteiger partial charge in [0.1, 0.15) is 0 Å². The van der Waals surface area contributed by atoms with Gasteiger partial charge in [0.15, 0.2) is 5.96 Å². The summed E-state index contributed by atoms with van der Waals surface area (Å²) in [7, 11) is 0. The van der Waals surface area contributed by atoms with Crippen LogP contribution < -0.4 is 5.73 Å². The second-order valence-electron chi connectivity index (χ2n) is 5.49. The van der Waals surface area contributed by atoms with E-state index in [9.17, 15) is 13.2 Å². The number of alkyl halides is 3. The highest BCUT2D eigenvalue weighted by Crippen LogP contribution is 2.36. The van der Waals surface area contributed by atoms with Gasteiger partial charge in [-0.3, -0.25) is 4.99 Å². The van der Waals surface area contributed by atoms with Crippen molar-refractivity contribution in [2.75, 3.05) is 6.54 Å². The molecule has 3 nitrogen and oxygen atoms in total. The number of hydrogen-bond donors (Lipinski definition) is 1. The van der Waals surface area contributed by atoms with Crippen LogP contribution in [-0.2, 0) is 11.7 Å². The standard InChI is InChI=1S/C14H18F3N3/c1-9(2)20-12(18)19-8-13(20,3)10-4-6-11(7-5-10)14(15,16)17/h4-7,9H,8H2,1-3H3,(H2,18,19). The molecule has 0 saturated heterocycles. The van der Waals surface area contributed by atoms with Crippen LogP contribution in [-0.4, -0.2) is 23.4 Å². The van der Waals surface area contributed by atoms with E-state index in [1.165, 1.54) is 12.1 Å². The number of nitrogens with zero attached hydrogens (tertiary/aromatic N) is 2. The second-order valence-corrected chi connectivity index (χ2v) is 5.49. The van der Waals surface area contributed by atoms with Crippen molar-refractivity contribution < 1.29 is 13.2 Å². The van der Waals surface area contributed by atoms with Gasteiger partial charge in [0.05, 0.1) is 17.6 Å². The molecule has 1 heterocycles. The van der Waals surface area contributed by atoms with E-state index in [4.69, 9.17) is 5.73 Å². The Bertz CT molecular complexity index is 519. The van der Waals surface area contributed by atoms with Crippen LogP contribution in [0.15, 0.2) is 29.3 Å². The number of rotatable bonds is 2. The van der Waals surface area contributed by atoms with Gasteiger partial charge in [-0.15, -0.1) is 0 Å². The Morgan fingerprint density at radius 2 is 1.80 bits per heavy atom. The van der Waals surface area contributed by atoms with Crippen LogP contribution in [0.5, 0.6) is 0 Å². The average molecular weight is 285 g/mol. The van der Waals surface area contributed by atoms with E-state index in [0.29, 0.717) is 12.5 Å². The van der Waals surface area contributed by atoms with Gasteiger partial charge in [0, 0.05) is 6.04 Å². The van der Waals surface area contributed by atoms with Crippen molar-refractivity contribution >= 4 is 5.96 Å². The fourth-order valence-corrected chi connectivity index (χ4v) is 2.72. The van der Waals surface area contributed by atoms with E-state index >= 15 is 0 Å². The molecule has 0 fully saturated rings. The minimum atomic E-state index is -4.32. The Morgan fingerprint density at radius 3 is 2.25 bits per heavy atom. The third-order valence-electron chi connectivity index (χ3n) is 3.68. The number of aliphatic imine (C=N–C) groups is 1. The van der Waals surface area contributed by atoms with Crippen molar-refractivity contribution in [1.29, 1.82) is 0 Å². The van der Waals surface area contributed by atoms with Crippen LogP contribution in [0.1, 0.15) is 31.9 Å². The largest absolute Gasteiger partial charge is 0.416 e. The highest BCUT2D eigenvalue weighted by molar-refractivity contribution is 5.81. The minimum Gasteiger partial charge on any atom is -0.370 e. The summed E-state index contributed by atoms with van der Waals surface area (Å²) in [5.74, 6) is 0.433. The van der Waals surface area contributed by atoms with Gasteiger partial charge in [-0.25, -0.2) is 0 Å². The van der Waals surface area contributed by atoms with Crippen molar-refractivity contribution in [3.63, 3.8) is 0 Å². The first kappa shape index (κ1) is 14.7. The summed E-state index contributed by atoms with van der Waals surface area (Å²) < 4.78 is 37.8. The van der Waals surface area contributed by atoms with Crippen molar-refractivity contribution in [2.24, 2.45) is 10.7 Å². The fourth-order valence-electron chi connectivity index (χ4n) is 2.72. The van der Waals surface area contributed by atoms with Crippen LogP contribution in [0, 0.1) is 0 Å². The first-order valence-electron chi connectivity index (χ1n) is 6.43. The third-order valence-corrected chi connectivity index (χ3v) is 3.68. The first-order chi connectivity index (χ1) is 9.16. The summed E-state index contributed by atoms with van der Waals surface area (Å²) in [6, 6.07) is 5.34. The molecule has 0 spiro atoms. The normalized spacial score (nSPS) is 23.4. The average Bonchev–Trinajstić information content (AvgIpc) is 2.65. The van der Waals surface area contributed by atoms with Crippen molar-refractivity contribution in [3.05, 3.63) is 35.4 Å². The van der Waals surface area contributed by atoms with Crippen molar-refractivity contribution in [2.45, 2.75) is 38.5 Å². The van der Waals surface area contributed by atoms with E-state index in [2.05, 4.69) is 4.99 Å². The Labute approximate surface area is 116 Å². The minimum absolute atomic E-state index is 0.119. The Hall–Kier alpha value is -1.72. The molecule has 1 aliphatic rings. The summed E-state index contributed by atoms with van der Waals surface area (Å²) in [4.78, 5) is 6.18. The molecule has 2 rings (SSSR count).